The fourth-order valence-electron chi connectivity index (χ4n) is 2.20. The van der Waals surface area contributed by atoms with Gasteiger partial charge in [-0.15, -0.1) is 0 Å². The predicted octanol–water partition coefficient (Wildman–Crippen LogP) is 1.76. The van der Waals surface area contributed by atoms with Crippen LogP contribution in [0.15, 0.2) is 36.7 Å². The Balaban J connectivity index is 2.18. The third-order valence-electron chi connectivity index (χ3n) is 3.54. The quantitative estimate of drug-likeness (QED) is 0.843. The second kappa shape index (κ2) is 7.58. The van der Waals surface area contributed by atoms with E-state index in [9.17, 15) is 14.0 Å². The van der Waals surface area contributed by atoms with Gasteiger partial charge in [-0.3, -0.25) is 9.48 Å². The van der Waals surface area contributed by atoms with Crippen molar-refractivity contribution >= 4 is 12.0 Å². The van der Waals surface area contributed by atoms with Crippen molar-refractivity contribution in [2.45, 2.75) is 12.5 Å². The number of nitrogens with one attached hydrogen (secondary N) is 1. The van der Waals surface area contributed by atoms with Crippen LogP contribution in [-0.2, 0) is 11.8 Å². The molecule has 0 aliphatic rings. The van der Waals surface area contributed by atoms with Gasteiger partial charge in [0.2, 0.25) is 0 Å². The van der Waals surface area contributed by atoms with Gasteiger partial charge in [0.1, 0.15) is 5.82 Å². The fraction of sp³-hybridized carbons (Fsp3) is 0.312. The Morgan fingerprint density at radius 3 is 2.54 bits per heavy atom. The molecule has 24 heavy (non-hydrogen) atoms. The first-order valence-corrected chi connectivity index (χ1v) is 7.34. The third-order valence-corrected chi connectivity index (χ3v) is 3.54. The molecule has 8 heteroatoms. The molecule has 1 unspecified atom stereocenters. The molecule has 1 atom stereocenters. The second-order valence-electron chi connectivity index (χ2n) is 5.45. The molecule has 0 aliphatic carbocycles. The Morgan fingerprint density at radius 1 is 1.33 bits per heavy atom. The van der Waals surface area contributed by atoms with Crippen LogP contribution in [-0.4, -0.2) is 45.4 Å². The fourth-order valence-corrected chi connectivity index (χ4v) is 2.20. The lowest BCUT2D eigenvalue weighted by atomic mass is 10.0. The number of halogens is 1. The zero-order chi connectivity index (χ0) is 17.7. The summed E-state index contributed by atoms with van der Waals surface area (Å²) < 4.78 is 14.8. The van der Waals surface area contributed by atoms with Crippen LogP contribution < -0.4 is 5.32 Å². The molecule has 2 rings (SSSR count). The number of benzene rings is 1. The largest absolute Gasteiger partial charge is 0.481 e. The average Bonchev–Trinajstić information content (AvgIpc) is 2.97. The number of aliphatic carboxylic acids is 1. The van der Waals surface area contributed by atoms with Gasteiger partial charge in [-0.1, -0.05) is 12.1 Å². The first-order valence-electron chi connectivity index (χ1n) is 7.34. The molecule has 0 saturated carbocycles. The lowest BCUT2D eigenvalue weighted by Crippen LogP contribution is -2.40. The van der Waals surface area contributed by atoms with Gasteiger partial charge in [-0.25, -0.2) is 9.18 Å². The van der Waals surface area contributed by atoms with Crippen molar-refractivity contribution < 1.29 is 19.1 Å². The minimum Gasteiger partial charge on any atom is -0.481 e. The van der Waals surface area contributed by atoms with Gasteiger partial charge in [0.05, 0.1) is 18.7 Å². The first kappa shape index (κ1) is 17.5. The molecule has 0 spiro atoms. The zero-order valence-electron chi connectivity index (χ0n) is 13.4. The average molecular weight is 334 g/mol. The van der Waals surface area contributed by atoms with Gasteiger partial charge in [0.15, 0.2) is 0 Å². The lowest BCUT2D eigenvalue weighted by molar-refractivity contribution is -0.137. The van der Waals surface area contributed by atoms with Crippen LogP contribution in [0.1, 0.15) is 23.6 Å². The summed E-state index contributed by atoms with van der Waals surface area (Å²) in [6, 6.07) is 4.88. The molecular weight excluding hydrogens is 315 g/mol. The SMILES string of the molecule is CN(CCC(=O)O)C(=O)NC(c1ccc(F)cc1)c1cnn(C)c1. The van der Waals surface area contributed by atoms with Crippen LogP contribution in [0.4, 0.5) is 9.18 Å². The van der Waals surface area contributed by atoms with Crippen LogP contribution >= 0.6 is 0 Å². The number of rotatable bonds is 6. The van der Waals surface area contributed by atoms with Gasteiger partial charge >= 0.3 is 12.0 Å². The van der Waals surface area contributed by atoms with Crippen LogP contribution in [0.3, 0.4) is 0 Å². The number of nitrogens with zero attached hydrogens (tertiary/aromatic N) is 3. The van der Waals surface area contributed by atoms with Gasteiger partial charge in [-0.05, 0) is 17.7 Å². The van der Waals surface area contributed by atoms with E-state index in [4.69, 9.17) is 5.11 Å². The monoisotopic (exact) mass is 334 g/mol. The van der Waals surface area contributed by atoms with E-state index in [0.717, 1.165) is 5.56 Å². The number of hydrogen-bond acceptors (Lipinski definition) is 3. The van der Waals surface area contributed by atoms with E-state index in [0.29, 0.717) is 5.56 Å². The number of aromatic nitrogens is 2. The van der Waals surface area contributed by atoms with E-state index < -0.39 is 18.0 Å². The number of amides is 2. The summed E-state index contributed by atoms with van der Waals surface area (Å²) >= 11 is 0. The predicted molar refractivity (Wildman–Crippen MR) is 84.9 cm³/mol. The number of hydrogen-bond donors (Lipinski definition) is 2. The number of urea groups is 1. The number of carboxylic acids is 1. The topological polar surface area (TPSA) is 87.5 Å². The number of aryl methyl sites for hydroxylation is 1. The maximum Gasteiger partial charge on any atom is 0.317 e. The summed E-state index contributed by atoms with van der Waals surface area (Å²) in [4.78, 5) is 24.2. The maximum atomic E-state index is 13.2. The molecule has 1 aromatic carbocycles. The van der Waals surface area contributed by atoms with E-state index in [1.54, 1.807) is 36.3 Å². The van der Waals surface area contributed by atoms with Gasteiger partial charge in [-0.2, -0.15) is 5.10 Å². The first-order chi connectivity index (χ1) is 11.4. The standard InChI is InChI=1S/C16H19FN4O3/c1-20(8-7-14(22)23)16(24)19-15(12-9-18-21(2)10-12)11-3-5-13(17)6-4-11/h3-6,9-10,15H,7-8H2,1-2H3,(H,19,24)(H,22,23). The molecular formula is C16H19FN4O3. The molecule has 2 N–H and O–H groups in total. The zero-order valence-corrected chi connectivity index (χ0v) is 13.4. The highest BCUT2D eigenvalue weighted by Crippen LogP contribution is 2.22. The van der Waals surface area contributed by atoms with Crippen LogP contribution in [0.2, 0.25) is 0 Å². The minimum absolute atomic E-state index is 0.0876. The number of carboxylic acid groups (broad SMARTS) is 1. The highest BCUT2D eigenvalue weighted by molar-refractivity contribution is 5.76. The molecule has 7 nitrogen and oxygen atoms in total. The van der Waals surface area contributed by atoms with Crippen molar-refractivity contribution in [3.05, 3.63) is 53.6 Å². The van der Waals surface area contributed by atoms with Crippen LogP contribution in [0, 0.1) is 5.82 Å². The smallest absolute Gasteiger partial charge is 0.317 e. The number of carbonyl (C=O) groups excluding carboxylic acids is 1. The van der Waals surface area contributed by atoms with E-state index in [-0.39, 0.29) is 18.8 Å². The Bertz CT molecular complexity index is 714. The van der Waals surface area contributed by atoms with Gasteiger partial charge in [0.25, 0.3) is 0 Å². The Hall–Kier alpha value is -2.90. The van der Waals surface area contributed by atoms with Crippen molar-refractivity contribution in [3.63, 3.8) is 0 Å². The van der Waals surface area contributed by atoms with Crippen molar-refractivity contribution in [2.24, 2.45) is 7.05 Å². The van der Waals surface area contributed by atoms with Crippen molar-refractivity contribution in [2.75, 3.05) is 13.6 Å². The Labute approximate surface area is 138 Å². The summed E-state index contributed by atoms with van der Waals surface area (Å²) in [6.07, 6.45) is 3.23. The second-order valence-corrected chi connectivity index (χ2v) is 5.45. The Kier molecular flexibility index (Phi) is 5.51. The van der Waals surface area contributed by atoms with Gasteiger partial charge < -0.3 is 15.3 Å². The highest BCUT2D eigenvalue weighted by Gasteiger charge is 2.20. The molecule has 1 heterocycles. The third kappa shape index (κ3) is 4.55. The molecule has 0 saturated heterocycles. The molecule has 0 fully saturated rings. The normalized spacial score (nSPS) is 11.8. The summed E-state index contributed by atoms with van der Waals surface area (Å²) in [5.41, 5.74) is 1.44. The summed E-state index contributed by atoms with van der Waals surface area (Å²) in [5, 5.41) is 15.6. The lowest BCUT2D eigenvalue weighted by Gasteiger charge is -2.23. The molecule has 0 aliphatic heterocycles. The van der Waals surface area contributed by atoms with Crippen molar-refractivity contribution in [3.8, 4) is 0 Å². The molecule has 128 valence electrons. The molecule has 0 bridgehead atoms. The highest BCUT2D eigenvalue weighted by atomic mass is 19.1. The summed E-state index contributed by atoms with van der Waals surface area (Å²) in [7, 11) is 3.27. The van der Waals surface area contributed by atoms with Crippen LogP contribution in [0.5, 0.6) is 0 Å². The summed E-state index contributed by atoms with van der Waals surface area (Å²) in [5.74, 6) is -1.34. The number of carbonyl (C=O) groups is 2. The van der Waals surface area contributed by atoms with E-state index >= 15 is 0 Å². The van der Waals surface area contributed by atoms with E-state index in [1.807, 2.05) is 0 Å². The minimum atomic E-state index is -0.975. The van der Waals surface area contributed by atoms with E-state index in [1.165, 1.54) is 24.1 Å². The van der Waals surface area contributed by atoms with Crippen LogP contribution in [0.25, 0.3) is 0 Å². The Morgan fingerprint density at radius 2 is 2.00 bits per heavy atom. The van der Waals surface area contributed by atoms with Crippen molar-refractivity contribution in [1.82, 2.24) is 20.0 Å². The van der Waals surface area contributed by atoms with E-state index in [2.05, 4.69) is 10.4 Å². The van der Waals surface area contributed by atoms with Crippen molar-refractivity contribution in [1.29, 1.82) is 0 Å². The molecule has 2 aromatic rings. The maximum absolute atomic E-state index is 13.2. The molecule has 0 radical (unpaired) electrons. The molecule has 2 amide bonds. The van der Waals surface area contributed by atoms with Gasteiger partial charge in [0, 0.05) is 32.4 Å². The molecule has 1 aromatic heterocycles. The summed E-state index contributed by atoms with van der Waals surface area (Å²) in [6.45, 7) is 0.0876.